The largest absolute Gasteiger partial charge is 0.508 e. The zero-order chi connectivity index (χ0) is 10.8. The molecular weight excluding hydrogens is 216 g/mol. The second kappa shape index (κ2) is 3.74. The van der Waals surface area contributed by atoms with E-state index in [2.05, 4.69) is 10.2 Å². The molecule has 1 heterocycles. The van der Waals surface area contributed by atoms with Crippen molar-refractivity contribution >= 4 is 17.9 Å². The van der Waals surface area contributed by atoms with E-state index in [0.29, 0.717) is 17.5 Å². The molecule has 0 saturated carbocycles. The topological polar surface area (TPSA) is 66.0 Å². The number of phenols is 1. The van der Waals surface area contributed by atoms with Crippen molar-refractivity contribution in [2.45, 2.75) is 0 Å². The molecule has 0 radical (unpaired) electrons. The molecule has 2 aromatic rings. The number of phenolic OH excluding ortho intramolecular Hbond substituents is 1. The monoisotopic (exact) mass is 222 g/mol. The first kappa shape index (κ1) is 9.73. The SMILES string of the molecule is O=Cc1[nH]nc(-c2cccc(O)c2)c1Cl. The van der Waals surface area contributed by atoms with Gasteiger partial charge in [-0.15, -0.1) is 0 Å². The first-order valence-electron chi connectivity index (χ1n) is 4.21. The van der Waals surface area contributed by atoms with Crippen LogP contribution in [0.5, 0.6) is 5.75 Å². The lowest BCUT2D eigenvalue weighted by atomic mass is 10.1. The van der Waals surface area contributed by atoms with Gasteiger partial charge in [-0.3, -0.25) is 9.89 Å². The van der Waals surface area contributed by atoms with E-state index in [0.717, 1.165) is 0 Å². The van der Waals surface area contributed by atoms with Crippen LogP contribution in [0.25, 0.3) is 11.3 Å². The number of hydrogen-bond acceptors (Lipinski definition) is 3. The number of aromatic nitrogens is 2. The second-order valence-electron chi connectivity index (χ2n) is 2.97. The van der Waals surface area contributed by atoms with Crippen LogP contribution in [0.3, 0.4) is 0 Å². The van der Waals surface area contributed by atoms with Crippen molar-refractivity contribution in [1.82, 2.24) is 10.2 Å². The maximum Gasteiger partial charge on any atom is 0.169 e. The van der Waals surface area contributed by atoms with Crippen LogP contribution >= 0.6 is 11.6 Å². The summed E-state index contributed by atoms with van der Waals surface area (Å²) in [5, 5.41) is 15.9. The minimum Gasteiger partial charge on any atom is -0.508 e. The van der Waals surface area contributed by atoms with E-state index >= 15 is 0 Å². The highest BCUT2D eigenvalue weighted by atomic mass is 35.5. The van der Waals surface area contributed by atoms with Gasteiger partial charge in [-0.2, -0.15) is 5.10 Å². The van der Waals surface area contributed by atoms with Crippen LogP contribution in [-0.2, 0) is 0 Å². The Hall–Kier alpha value is -1.81. The summed E-state index contributed by atoms with van der Waals surface area (Å²) in [5.41, 5.74) is 1.34. The first-order valence-corrected chi connectivity index (χ1v) is 4.58. The molecule has 76 valence electrons. The number of nitrogens with one attached hydrogen (secondary N) is 1. The molecule has 0 aliphatic heterocycles. The van der Waals surface area contributed by atoms with Crippen molar-refractivity contribution < 1.29 is 9.90 Å². The Morgan fingerprint density at radius 3 is 2.87 bits per heavy atom. The molecule has 0 fully saturated rings. The van der Waals surface area contributed by atoms with Gasteiger partial charge in [0, 0.05) is 5.56 Å². The Bertz CT molecular complexity index is 508. The number of benzene rings is 1. The Kier molecular flexibility index (Phi) is 2.43. The second-order valence-corrected chi connectivity index (χ2v) is 3.35. The van der Waals surface area contributed by atoms with Gasteiger partial charge in [0.05, 0.1) is 5.02 Å². The van der Waals surface area contributed by atoms with E-state index in [-0.39, 0.29) is 16.5 Å². The summed E-state index contributed by atoms with van der Waals surface area (Å²) in [7, 11) is 0. The molecule has 0 aliphatic rings. The number of aromatic amines is 1. The molecule has 0 bridgehead atoms. The Balaban J connectivity index is 2.54. The fraction of sp³-hybridized carbons (Fsp3) is 0. The molecule has 0 unspecified atom stereocenters. The van der Waals surface area contributed by atoms with Crippen LogP contribution in [0.15, 0.2) is 24.3 Å². The third-order valence-electron chi connectivity index (χ3n) is 1.97. The molecule has 15 heavy (non-hydrogen) atoms. The lowest BCUT2D eigenvalue weighted by molar-refractivity contribution is 0.111. The van der Waals surface area contributed by atoms with Crippen LogP contribution in [0.1, 0.15) is 10.5 Å². The highest BCUT2D eigenvalue weighted by Crippen LogP contribution is 2.29. The maximum atomic E-state index is 10.5. The van der Waals surface area contributed by atoms with E-state index in [1.165, 1.54) is 6.07 Å². The molecule has 1 aromatic carbocycles. The smallest absolute Gasteiger partial charge is 0.169 e. The summed E-state index contributed by atoms with van der Waals surface area (Å²) in [6.07, 6.45) is 0.599. The predicted molar refractivity (Wildman–Crippen MR) is 56.1 cm³/mol. The number of halogens is 1. The minimum atomic E-state index is 0.124. The number of rotatable bonds is 2. The van der Waals surface area contributed by atoms with Crippen LogP contribution < -0.4 is 0 Å². The van der Waals surface area contributed by atoms with Crippen LogP contribution in [0.4, 0.5) is 0 Å². The van der Waals surface area contributed by atoms with Gasteiger partial charge in [-0.05, 0) is 12.1 Å². The molecule has 2 rings (SSSR count). The van der Waals surface area contributed by atoms with Crippen LogP contribution in [0, 0.1) is 0 Å². The highest BCUT2D eigenvalue weighted by molar-refractivity contribution is 6.35. The van der Waals surface area contributed by atoms with E-state index in [1.807, 2.05) is 0 Å². The molecule has 0 saturated heterocycles. The minimum absolute atomic E-state index is 0.124. The Morgan fingerprint density at radius 2 is 2.27 bits per heavy atom. The summed E-state index contributed by atoms with van der Waals surface area (Å²) in [6, 6.07) is 6.49. The lowest BCUT2D eigenvalue weighted by Gasteiger charge is -1.97. The molecule has 4 nitrogen and oxygen atoms in total. The van der Waals surface area contributed by atoms with Crippen LogP contribution in [0.2, 0.25) is 5.02 Å². The van der Waals surface area contributed by atoms with Gasteiger partial charge in [-0.25, -0.2) is 0 Å². The molecule has 0 spiro atoms. The quantitative estimate of drug-likeness (QED) is 0.766. The number of H-pyrrole nitrogens is 1. The fourth-order valence-corrected chi connectivity index (χ4v) is 1.50. The predicted octanol–water partition coefficient (Wildman–Crippen LogP) is 2.25. The summed E-state index contributed by atoms with van der Waals surface area (Å²) in [4.78, 5) is 10.5. The summed E-state index contributed by atoms with van der Waals surface area (Å²) in [6.45, 7) is 0. The number of nitrogens with zero attached hydrogens (tertiary/aromatic N) is 1. The van der Waals surface area contributed by atoms with Crippen molar-refractivity contribution in [3.63, 3.8) is 0 Å². The lowest BCUT2D eigenvalue weighted by Crippen LogP contribution is -1.78. The van der Waals surface area contributed by atoms with Gasteiger partial charge in [0.25, 0.3) is 0 Å². The number of carbonyl (C=O) groups is 1. The van der Waals surface area contributed by atoms with Crippen molar-refractivity contribution in [3.8, 4) is 17.0 Å². The average Bonchev–Trinajstić information content (AvgIpc) is 2.59. The maximum absolute atomic E-state index is 10.5. The van der Waals surface area contributed by atoms with Crippen molar-refractivity contribution in [3.05, 3.63) is 35.0 Å². The standard InChI is InChI=1S/C10H7ClN2O2/c11-9-8(5-14)12-13-10(9)6-2-1-3-7(15)4-6/h1-5,15H,(H,12,13). The van der Waals surface area contributed by atoms with Crippen molar-refractivity contribution in [1.29, 1.82) is 0 Å². The van der Waals surface area contributed by atoms with Crippen LogP contribution in [-0.4, -0.2) is 21.6 Å². The van der Waals surface area contributed by atoms with E-state index in [1.54, 1.807) is 18.2 Å². The van der Waals surface area contributed by atoms with Crippen molar-refractivity contribution in [2.75, 3.05) is 0 Å². The molecule has 1 aromatic heterocycles. The molecule has 2 N–H and O–H groups in total. The van der Waals surface area contributed by atoms with Gasteiger partial charge in [0.15, 0.2) is 6.29 Å². The highest BCUT2D eigenvalue weighted by Gasteiger charge is 2.12. The number of aromatic hydroxyl groups is 1. The molecule has 0 aliphatic carbocycles. The first-order chi connectivity index (χ1) is 7.22. The van der Waals surface area contributed by atoms with Gasteiger partial charge in [-0.1, -0.05) is 23.7 Å². The molecule has 5 heteroatoms. The number of carbonyl (C=O) groups excluding carboxylic acids is 1. The zero-order valence-electron chi connectivity index (χ0n) is 7.57. The average molecular weight is 223 g/mol. The Labute approximate surface area is 90.5 Å². The fourth-order valence-electron chi connectivity index (χ4n) is 1.26. The third-order valence-corrected chi connectivity index (χ3v) is 2.35. The normalized spacial score (nSPS) is 10.2. The number of hydrogen-bond donors (Lipinski definition) is 2. The summed E-state index contributed by atoms with van der Waals surface area (Å²) < 4.78 is 0. The molecular formula is C10H7ClN2O2. The van der Waals surface area contributed by atoms with E-state index < -0.39 is 0 Å². The summed E-state index contributed by atoms with van der Waals surface area (Å²) in [5.74, 6) is 0.124. The zero-order valence-corrected chi connectivity index (χ0v) is 8.32. The van der Waals surface area contributed by atoms with Crippen molar-refractivity contribution in [2.24, 2.45) is 0 Å². The molecule has 0 atom stereocenters. The van der Waals surface area contributed by atoms with E-state index in [9.17, 15) is 9.90 Å². The van der Waals surface area contributed by atoms with Gasteiger partial charge in [0.2, 0.25) is 0 Å². The van der Waals surface area contributed by atoms with Gasteiger partial charge < -0.3 is 5.11 Å². The van der Waals surface area contributed by atoms with E-state index in [4.69, 9.17) is 11.6 Å². The third kappa shape index (κ3) is 1.71. The summed E-state index contributed by atoms with van der Waals surface area (Å²) >= 11 is 5.90. The Morgan fingerprint density at radius 1 is 1.47 bits per heavy atom. The van der Waals surface area contributed by atoms with Gasteiger partial charge >= 0.3 is 0 Å². The molecule has 0 amide bonds. The van der Waals surface area contributed by atoms with Gasteiger partial charge in [0.1, 0.15) is 17.1 Å². The number of aldehydes is 1.